The number of likely N-dealkylation sites (N-methyl/N-ethyl adjacent to an activating group) is 1. The highest BCUT2D eigenvalue weighted by Crippen LogP contribution is 2.36. The van der Waals surface area contributed by atoms with Crippen LogP contribution in [-0.2, 0) is 22.6 Å². The van der Waals surface area contributed by atoms with Crippen LogP contribution >= 0.6 is 0 Å². The van der Waals surface area contributed by atoms with E-state index in [1.54, 1.807) is 6.92 Å². The number of aromatic nitrogens is 2. The molecule has 0 bridgehead atoms. The predicted molar refractivity (Wildman–Crippen MR) is 124 cm³/mol. The number of carbonyl (C=O) groups is 2. The molecule has 1 saturated heterocycles. The van der Waals surface area contributed by atoms with Gasteiger partial charge in [0.25, 0.3) is 0 Å². The Labute approximate surface area is 191 Å². The van der Waals surface area contributed by atoms with Gasteiger partial charge in [0.05, 0.1) is 11.7 Å². The highest BCUT2D eigenvalue weighted by atomic mass is 16.2. The number of amides is 2. The number of carbonyl (C=O) groups excluding carboxylic acids is 2. The van der Waals surface area contributed by atoms with Gasteiger partial charge in [-0.3, -0.25) is 9.59 Å². The summed E-state index contributed by atoms with van der Waals surface area (Å²) in [6.45, 7) is 4.12. The van der Waals surface area contributed by atoms with Crippen molar-refractivity contribution in [3.05, 3.63) is 17.1 Å². The molecule has 0 aromatic carbocycles. The minimum Gasteiger partial charge on any atom is -0.373 e. The molecule has 1 aliphatic carbocycles. The first-order valence-corrected chi connectivity index (χ1v) is 12.2. The van der Waals surface area contributed by atoms with Crippen LogP contribution in [-0.4, -0.2) is 64.3 Å². The lowest BCUT2D eigenvalue weighted by atomic mass is 9.78. The molecule has 3 aliphatic rings. The Hall–Kier alpha value is -2.22. The van der Waals surface area contributed by atoms with E-state index in [4.69, 9.17) is 9.97 Å². The van der Waals surface area contributed by atoms with Crippen LogP contribution in [0, 0.1) is 0 Å². The monoisotopic (exact) mass is 442 g/mol. The summed E-state index contributed by atoms with van der Waals surface area (Å²) >= 11 is 0. The van der Waals surface area contributed by atoms with Gasteiger partial charge in [-0.1, -0.05) is 19.3 Å². The lowest BCUT2D eigenvalue weighted by Crippen LogP contribution is -2.53. The molecule has 2 aliphatic heterocycles. The zero-order valence-electron chi connectivity index (χ0n) is 19.9. The van der Waals surface area contributed by atoms with E-state index in [-0.39, 0.29) is 17.9 Å². The Balaban J connectivity index is 1.59. The van der Waals surface area contributed by atoms with Crippen molar-refractivity contribution >= 4 is 17.6 Å². The molecule has 8 nitrogen and oxygen atoms in total. The van der Waals surface area contributed by atoms with Crippen LogP contribution < -0.4 is 10.6 Å². The SMILES string of the molecule is CNc1nc(C2CCCCN2C(=O)CC2(NC(C)=O)CCCCC2)nc2c1CN(C)CC2. The standard InChI is InChI=1S/C24H38N6O2/c1-17(31)28-24(11-6-4-7-12-24)15-21(32)30-13-8-5-9-20(30)23-26-19-10-14-29(3)16-18(19)22(25-2)27-23/h20H,4-16H2,1-3H3,(H,28,31)(H,25,26,27). The van der Waals surface area contributed by atoms with Gasteiger partial charge in [-0.15, -0.1) is 0 Å². The van der Waals surface area contributed by atoms with E-state index in [1.807, 2.05) is 11.9 Å². The zero-order valence-corrected chi connectivity index (χ0v) is 19.9. The van der Waals surface area contributed by atoms with Gasteiger partial charge in [0.15, 0.2) is 5.82 Å². The molecule has 32 heavy (non-hydrogen) atoms. The number of anilines is 1. The highest BCUT2D eigenvalue weighted by molar-refractivity contribution is 5.80. The normalized spacial score (nSPS) is 23.3. The third kappa shape index (κ3) is 4.90. The fraction of sp³-hybridized carbons (Fsp3) is 0.750. The molecule has 2 N–H and O–H groups in total. The van der Waals surface area contributed by atoms with Gasteiger partial charge >= 0.3 is 0 Å². The number of hydrogen-bond acceptors (Lipinski definition) is 6. The van der Waals surface area contributed by atoms with Crippen LogP contribution in [0.4, 0.5) is 5.82 Å². The molecule has 0 radical (unpaired) electrons. The van der Waals surface area contributed by atoms with Gasteiger partial charge in [0.1, 0.15) is 5.82 Å². The van der Waals surface area contributed by atoms with E-state index in [1.165, 1.54) is 12.0 Å². The number of fused-ring (bicyclic) bond motifs is 1. The van der Waals surface area contributed by atoms with Gasteiger partial charge < -0.3 is 20.4 Å². The number of hydrogen-bond donors (Lipinski definition) is 2. The molecule has 1 atom stereocenters. The van der Waals surface area contributed by atoms with Crippen LogP contribution in [0.2, 0.25) is 0 Å². The van der Waals surface area contributed by atoms with Crippen molar-refractivity contribution in [1.82, 2.24) is 25.1 Å². The topological polar surface area (TPSA) is 90.5 Å². The molecule has 2 fully saturated rings. The minimum absolute atomic E-state index is 0.0449. The van der Waals surface area contributed by atoms with Gasteiger partial charge in [-0.05, 0) is 39.2 Å². The maximum atomic E-state index is 13.6. The van der Waals surface area contributed by atoms with Gasteiger partial charge in [-0.2, -0.15) is 0 Å². The smallest absolute Gasteiger partial charge is 0.225 e. The van der Waals surface area contributed by atoms with E-state index in [9.17, 15) is 9.59 Å². The van der Waals surface area contributed by atoms with Gasteiger partial charge in [0.2, 0.25) is 11.8 Å². The quantitative estimate of drug-likeness (QED) is 0.729. The first-order valence-electron chi connectivity index (χ1n) is 12.2. The Morgan fingerprint density at radius 3 is 2.59 bits per heavy atom. The second kappa shape index (κ2) is 9.73. The van der Waals surface area contributed by atoms with Crippen LogP contribution in [0.25, 0.3) is 0 Å². The Morgan fingerprint density at radius 2 is 1.88 bits per heavy atom. The number of nitrogens with zero attached hydrogens (tertiary/aromatic N) is 4. The number of likely N-dealkylation sites (tertiary alicyclic amines) is 1. The fourth-order valence-corrected chi connectivity index (χ4v) is 5.76. The molecule has 1 saturated carbocycles. The van der Waals surface area contributed by atoms with E-state index in [0.717, 1.165) is 88.3 Å². The molecule has 1 unspecified atom stereocenters. The van der Waals surface area contributed by atoms with Crippen LogP contribution in [0.1, 0.15) is 87.8 Å². The third-order valence-electron chi connectivity index (χ3n) is 7.37. The first-order chi connectivity index (χ1) is 15.4. The summed E-state index contributed by atoms with van der Waals surface area (Å²) in [5.41, 5.74) is 1.88. The highest BCUT2D eigenvalue weighted by Gasteiger charge is 2.39. The largest absolute Gasteiger partial charge is 0.373 e. The van der Waals surface area contributed by atoms with Crippen molar-refractivity contribution < 1.29 is 9.59 Å². The summed E-state index contributed by atoms with van der Waals surface area (Å²) in [6, 6.07) is -0.0914. The molecule has 2 amide bonds. The molecule has 176 valence electrons. The van der Waals surface area contributed by atoms with Crippen molar-refractivity contribution in [2.45, 2.75) is 89.3 Å². The Morgan fingerprint density at radius 1 is 1.09 bits per heavy atom. The van der Waals surface area contributed by atoms with Crippen molar-refractivity contribution in [2.75, 3.05) is 32.5 Å². The van der Waals surface area contributed by atoms with Crippen molar-refractivity contribution in [2.24, 2.45) is 0 Å². The van der Waals surface area contributed by atoms with Crippen molar-refractivity contribution in [3.8, 4) is 0 Å². The number of nitrogens with one attached hydrogen (secondary N) is 2. The number of piperidine rings is 1. The van der Waals surface area contributed by atoms with Crippen LogP contribution in [0.3, 0.4) is 0 Å². The lowest BCUT2D eigenvalue weighted by molar-refractivity contribution is -0.137. The molecule has 4 rings (SSSR count). The van der Waals surface area contributed by atoms with Crippen molar-refractivity contribution in [1.29, 1.82) is 0 Å². The average Bonchev–Trinajstić information content (AvgIpc) is 2.78. The minimum atomic E-state index is -0.402. The van der Waals surface area contributed by atoms with E-state index in [0.29, 0.717) is 6.42 Å². The predicted octanol–water partition coefficient (Wildman–Crippen LogP) is 2.79. The van der Waals surface area contributed by atoms with Gasteiger partial charge in [-0.25, -0.2) is 9.97 Å². The molecular weight excluding hydrogens is 404 g/mol. The summed E-state index contributed by atoms with van der Waals surface area (Å²) in [6.07, 6.45) is 9.30. The molecule has 0 spiro atoms. The molecule has 8 heteroatoms. The summed E-state index contributed by atoms with van der Waals surface area (Å²) in [4.78, 5) is 39.7. The molecular formula is C24H38N6O2. The van der Waals surface area contributed by atoms with Gasteiger partial charge in [0, 0.05) is 57.5 Å². The lowest BCUT2D eigenvalue weighted by Gasteiger charge is -2.41. The molecule has 1 aromatic rings. The summed E-state index contributed by atoms with van der Waals surface area (Å²) in [5.74, 6) is 1.73. The third-order valence-corrected chi connectivity index (χ3v) is 7.37. The van der Waals surface area contributed by atoms with Crippen LogP contribution in [0.15, 0.2) is 0 Å². The van der Waals surface area contributed by atoms with E-state index >= 15 is 0 Å². The summed E-state index contributed by atoms with van der Waals surface area (Å²) in [5, 5.41) is 6.41. The zero-order chi connectivity index (χ0) is 22.7. The Bertz CT molecular complexity index is 834. The summed E-state index contributed by atoms with van der Waals surface area (Å²) in [7, 11) is 4.03. The first kappa shape index (κ1) is 23.0. The second-order valence-corrected chi connectivity index (χ2v) is 9.89. The average molecular weight is 443 g/mol. The molecule has 3 heterocycles. The second-order valence-electron chi connectivity index (χ2n) is 9.89. The summed E-state index contributed by atoms with van der Waals surface area (Å²) < 4.78 is 0. The van der Waals surface area contributed by atoms with Crippen LogP contribution in [0.5, 0.6) is 0 Å². The maximum absolute atomic E-state index is 13.6. The van der Waals surface area contributed by atoms with E-state index in [2.05, 4.69) is 22.6 Å². The maximum Gasteiger partial charge on any atom is 0.225 e. The number of rotatable bonds is 5. The molecule has 1 aromatic heterocycles. The fourth-order valence-electron chi connectivity index (χ4n) is 5.76. The van der Waals surface area contributed by atoms with E-state index < -0.39 is 5.54 Å². The Kier molecular flexibility index (Phi) is 6.98. The van der Waals surface area contributed by atoms with Crippen molar-refractivity contribution in [3.63, 3.8) is 0 Å².